The first-order chi connectivity index (χ1) is 12.3. The smallest absolute Gasteiger partial charge is 0.258 e. The molecule has 0 unspecified atom stereocenters. The van der Waals surface area contributed by atoms with Crippen LogP contribution < -0.4 is 0 Å². The predicted octanol–water partition coefficient (Wildman–Crippen LogP) is 4.63. The minimum absolute atomic E-state index is 0.479. The van der Waals surface area contributed by atoms with Crippen molar-refractivity contribution < 1.29 is 4.52 Å². The van der Waals surface area contributed by atoms with Gasteiger partial charge >= 0.3 is 0 Å². The van der Waals surface area contributed by atoms with Crippen molar-refractivity contribution in [2.24, 2.45) is 0 Å². The summed E-state index contributed by atoms with van der Waals surface area (Å²) in [5, 5.41) is 14.9. The van der Waals surface area contributed by atoms with E-state index in [0.29, 0.717) is 17.8 Å². The van der Waals surface area contributed by atoms with Gasteiger partial charge in [0.25, 0.3) is 5.89 Å². The maximum Gasteiger partial charge on any atom is 0.258 e. The van der Waals surface area contributed by atoms with Gasteiger partial charge < -0.3 is 4.52 Å². The SMILES string of the molecule is Cc1ccsc1-c1noc(-c2ccc3c(c2)nnn3C2CCCC2)n1. The van der Waals surface area contributed by atoms with Crippen LogP contribution in [0.1, 0.15) is 37.3 Å². The molecule has 1 aliphatic carbocycles. The predicted molar refractivity (Wildman–Crippen MR) is 96.4 cm³/mol. The minimum atomic E-state index is 0.479. The average Bonchev–Trinajstić information content (AvgIpc) is 3.39. The monoisotopic (exact) mass is 351 g/mol. The fourth-order valence-corrected chi connectivity index (χ4v) is 4.38. The van der Waals surface area contributed by atoms with Crippen LogP contribution in [0.3, 0.4) is 0 Å². The van der Waals surface area contributed by atoms with Crippen LogP contribution in [0.2, 0.25) is 0 Å². The summed E-state index contributed by atoms with van der Waals surface area (Å²) >= 11 is 1.62. The Bertz CT molecular complexity index is 1040. The van der Waals surface area contributed by atoms with Gasteiger partial charge in [0.15, 0.2) is 0 Å². The van der Waals surface area contributed by atoms with Crippen LogP contribution in [0.5, 0.6) is 0 Å². The average molecular weight is 351 g/mol. The molecule has 3 heterocycles. The van der Waals surface area contributed by atoms with E-state index in [-0.39, 0.29) is 0 Å². The largest absolute Gasteiger partial charge is 0.334 e. The van der Waals surface area contributed by atoms with Gasteiger partial charge in [-0.2, -0.15) is 4.98 Å². The van der Waals surface area contributed by atoms with Crippen LogP contribution in [0.4, 0.5) is 0 Å². The quantitative estimate of drug-likeness (QED) is 0.538. The maximum absolute atomic E-state index is 5.48. The Morgan fingerprint density at radius 2 is 2.08 bits per heavy atom. The van der Waals surface area contributed by atoms with Crippen molar-refractivity contribution in [2.45, 2.75) is 38.6 Å². The van der Waals surface area contributed by atoms with Crippen molar-refractivity contribution >= 4 is 22.4 Å². The Hall–Kier alpha value is -2.54. The Balaban J connectivity index is 1.51. The number of hydrogen-bond acceptors (Lipinski definition) is 6. The van der Waals surface area contributed by atoms with Crippen molar-refractivity contribution in [1.29, 1.82) is 0 Å². The first kappa shape index (κ1) is 14.8. The van der Waals surface area contributed by atoms with Crippen molar-refractivity contribution in [3.63, 3.8) is 0 Å². The van der Waals surface area contributed by atoms with Crippen LogP contribution in [-0.4, -0.2) is 25.1 Å². The topological polar surface area (TPSA) is 69.6 Å². The van der Waals surface area contributed by atoms with Gasteiger partial charge in [0.05, 0.1) is 16.4 Å². The highest BCUT2D eigenvalue weighted by molar-refractivity contribution is 7.13. The third-order valence-corrected chi connectivity index (χ3v) is 5.89. The second kappa shape index (κ2) is 5.77. The molecule has 0 spiro atoms. The molecule has 4 aromatic rings. The number of rotatable bonds is 3. The molecule has 1 aromatic carbocycles. The summed E-state index contributed by atoms with van der Waals surface area (Å²) < 4.78 is 7.55. The summed E-state index contributed by atoms with van der Waals surface area (Å²) in [6, 6.07) is 8.59. The Morgan fingerprint density at radius 1 is 1.20 bits per heavy atom. The van der Waals surface area contributed by atoms with Crippen molar-refractivity contribution in [1.82, 2.24) is 25.1 Å². The lowest BCUT2D eigenvalue weighted by Gasteiger charge is -2.09. The molecule has 0 radical (unpaired) electrons. The molecule has 0 bridgehead atoms. The van der Waals surface area contributed by atoms with E-state index in [1.165, 1.54) is 25.7 Å². The van der Waals surface area contributed by atoms with Crippen molar-refractivity contribution in [3.05, 3.63) is 35.2 Å². The molecule has 25 heavy (non-hydrogen) atoms. The van der Waals surface area contributed by atoms with Gasteiger partial charge in [0.2, 0.25) is 5.82 Å². The molecule has 0 aliphatic heterocycles. The number of benzene rings is 1. The van der Waals surface area contributed by atoms with E-state index in [1.807, 2.05) is 17.5 Å². The van der Waals surface area contributed by atoms with E-state index in [4.69, 9.17) is 4.52 Å². The first-order valence-electron chi connectivity index (χ1n) is 8.53. The molecule has 1 fully saturated rings. The summed E-state index contributed by atoms with van der Waals surface area (Å²) in [6.45, 7) is 2.05. The highest BCUT2D eigenvalue weighted by Gasteiger charge is 2.21. The number of nitrogens with zero attached hydrogens (tertiary/aromatic N) is 5. The lowest BCUT2D eigenvalue weighted by molar-refractivity contribution is 0.432. The maximum atomic E-state index is 5.48. The number of fused-ring (bicyclic) bond motifs is 1. The molecule has 1 aliphatic rings. The molecular weight excluding hydrogens is 334 g/mol. The van der Waals surface area contributed by atoms with Crippen LogP contribution in [0.25, 0.3) is 33.2 Å². The summed E-state index contributed by atoms with van der Waals surface area (Å²) in [4.78, 5) is 5.60. The Kier molecular flexibility index (Phi) is 3.41. The summed E-state index contributed by atoms with van der Waals surface area (Å²) in [5.41, 5.74) is 3.98. The molecule has 6 nitrogen and oxygen atoms in total. The molecular formula is C18H17N5OS. The highest BCUT2D eigenvalue weighted by Crippen LogP contribution is 2.33. The number of aryl methyl sites for hydroxylation is 1. The zero-order chi connectivity index (χ0) is 16.8. The first-order valence-corrected chi connectivity index (χ1v) is 9.41. The molecule has 0 N–H and O–H groups in total. The third kappa shape index (κ3) is 2.46. The van der Waals surface area contributed by atoms with Crippen molar-refractivity contribution in [2.75, 3.05) is 0 Å². The summed E-state index contributed by atoms with van der Waals surface area (Å²) in [7, 11) is 0. The molecule has 5 rings (SSSR count). The molecule has 0 atom stereocenters. The number of hydrogen-bond donors (Lipinski definition) is 0. The van der Waals surface area contributed by atoms with E-state index in [1.54, 1.807) is 11.3 Å². The van der Waals surface area contributed by atoms with Gasteiger partial charge in [-0.3, -0.25) is 0 Å². The normalized spacial score (nSPS) is 15.4. The molecule has 126 valence electrons. The van der Waals surface area contributed by atoms with Gasteiger partial charge in [0.1, 0.15) is 5.52 Å². The third-order valence-electron chi connectivity index (χ3n) is 4.88. The van der Waals surface area contributed by atoms with Crippen LogP contribution in [-0.2, 0) is 0 Å². The molecule has 0 amide bonds. The summed E-state index contributed by atoms with van der Waals surface area (Å²) in [6.07, 6.45) is 4.93. The lowest BCUT2D eigenvalue weighted by atomic mass is 10.2. The standard InChI is InChI=1S/C18H17N5OS/c1-11-8-9-25-16(11)17-19-18(24-21-17)12-6-7-15-14(10-12)20-22-23(15)13-4-2-3-5-13/h6-10,13H,2-5H2,1H3. The molecule has 3 aromatic heterocycles. The lowest BCUT2D eigenvalue weighted by Crippen LogP contribution is -2.06. The Morgan fingerprint density at radius 3 is 2.88 bits per heavy atom. The Labute approximate surface area is 148 Å². The van der Waals surface area contributed by atoms with Crippen LogP contribution >= 0.6 is 11.3 Å². The van der Waals surface area contributed by atoms with E-state index in [0.717, 1.165) is 27.0 Å². The molecule has 7 heteroatoms. The van der Waals surface area contributed by atoms with Gasteiger partial charge in [-0.15, -0.1) is 16.4 Å². The van der Waals surface area contributed by atoms with E-state index < -0.39 is 0 Å². The van der Waals surface area contributed by atoms with Gasteiger partial charge in [-0.05, 0) is 55.0 Å². The van der Waals surface area contributed by atoms with Crippen LogP contribution in [0, 0.1) is 6.92 Å². The summed E-state index contributed by atoms with van der Waals surface area (Å²) in [5.74, 6) is 1.15. The number of aromatic nitrogens is 5. The van der Waals surface area contributed by atoms with Gasteiger partial charge in [-0.25, -0.2) is 4.68 Å². The van der Waals surface area contributed by atoms with E-state index >= 15 is 0 Å². The number of thiophene rings is 1. The van der Waals surface area contributed by atoms with Gasteiger partial charge in [-0.1, -0.05) is 23.2 Å². The zero-order valence-electron chi connectivity index (χ0n) is 13.8. The van der Waals surface area contributed by atoms with Crippen molar-refractivity contribution in [3.8, 4) is 22.2 Å². The minimum Gasteiger partial charge on any atom is -0.334 e. The van der Waals surface area contributed by atoms with Gasteiger partial charge in [0, 0.05) is 5.56 Å². The fourth-order valence-electron chi connectivity index (χ4n) is 3.53. The second-order valence-corrected chi connectivity index (χ2v) is 7.45. The zero-order valence-corrected chi connectivity index (χ0v) is 14.7. The molecule has 1 saturated carbocycles. The fraction of sp³-hybridized carbons (Fsp3) is 0.333. The van der Waals surface area contributed by atoms with Crippen LogP contribution in [0.15, 0.2) is 34.2 Å². The second-order valence-electron chi connectivity index (χ2n) is 6.53. The van der Waals surface area contributed by atoms with E-state index in [9.17, 15) is 0 Å². The van der Waals surface area contributed by atoms with E-state index in [2.05, 4.69) is 44.2 Å². The highest BCUT2D eigenvalue weighted by atomic mass is 32.1. The molecule has 0 saturated heterocycles.